The number of rotatable bonds is 35. The highest BCUT2D eigenvalue weighted by Crippen LogP contribution is 2.26. The molecule has 0 radical (unpaired) electrons. The number of hydrogen-bond acceptors (Lipinski definition) is 4. The third-order valence-corrected chi connectivity index (χ3v) is 11.8. The summed E-state index contributed by atoms with van der Waals surface area (Å²) >= 11 is 0. The van der Waals surface area contributed by atoms with Gasteiger partial charge in [-0.1, -0.05) is 229 Å². The van der Waals surface area contributed by atoms with Gasteiger partial charge in [-0.15, -0.1) is 0 Å². The minimum atomic E-state index is -0.517. The highest BCUT2D eigenvalue weighted by atomic mass is 16.6. The van der Waals surface area contributed by atoms with Crippen LogP contribution in [0.4, 0.5) is 11.4 Å². The summed E-state index contributed by atoms with van der Waals surface area (Å²) in [6.07, 6.45) is 42.9. The van der Waals surface area contributed by atoms with Gasteiger partial charge in [0.15, 0.2) is 0 Å². The van der Waals surface area contributed by atoms with E-state index in [0.29, 0.717) is 0 Å². The van der Waals surface area contributed by atoms with Gasteiger partial charge in [-0.05, 0) is 59.4 Å². The van der Waals surface area contributed by atoms with Crippen molar-refractivity contribution in [2.24, 2.45) is 0 Å². The Kier molecular flexibility index (Phi) is 26.7. The highest BCUT2D eigenvalue weighted by molar-refractivity contribution is 5.74. The van der Waals surface area contributed by atoms with Crippen LogP contribution in [0.5, 0.6) is 0 Å². The van der Waals surface area contributed by atoms with Crippen LogP contribution < -0.4 is 4.90 Å². The number of hydrogen-bond donors (Lipinski definition) is 0. The first-order valence-corrected chi connectivity index (χ1v) is 23.9. The Bertz CT molecular complexity index is 1520. The molecule has 0 bridgehead atoms. The van der Waals surface area contributed by atoms with Gasteiger partial charge in [0, 0.05) is 24.8 Å². The molecule has 0 unspecified atom stereocenters. The number of benzene rings is 3. The van der Waals surface area contributed by atoms with Crippen molar-refractivity contribution < 1.29 is 4.92 Å². The molecule has 0 atom stereocenters. The predicted molar refractivity (Wildman–Crippen MR) is 251 cm³/mol. The Hall–Kier alpha value is -3.91. The fourth-order valence-corrected chi connectivity index (χ4v) is 8.11. The van der Waals surface area contributed by atoms with Crippen LogP contribution in [0.3, 0.4) is 0 Å². The molecule has 0 saturated heterocycles. The molecule has 3 aromatic carbocycles. The van der Waals surface area contributed by atoms with Gasteiger partial charge in [-0.25, -0.2) is 0 Å². The molecule has 0 amide bonds. The van der Waals surface area contributed by atoms with E-state index in [-0.39, 0.29) is 11.3 Å². The third kappa shape index (κ3) is 21.2. The fourth-order valence-electron chi connectivity index (χ4n) is 8.11. The molecule has 0 saturated carbocycles. The molecule has 0 fully saturated rings. The Balaban J connectivity index is 1.44. The van der Waals surface area contributed by atoms with E-state index in [9.17, 15) is 15.4 Å². The summed E-state index contributed by atoms with van der Waals surface area (Å²) in [6, 6.07) is 24.2. The lowest BCUT2D eigenvalue weighted by Crippen LogP contribution is -2.25. The molecule has 5 heteroatoms. The van der Waals surface area contributed by atoms with E-state index >= 15 is 0 Å². The average molecular weight is 790 g/mol. The van der Waals surface area contributed by atoms with Gasteiger partial charge in [-0.2, -0.15) is 5.26 Å². The SMILES string of the molecule is CCCCCCCCCCCCCCCCN(CCCCCCCCCCCCCCCC)c1ccc(-c2ccc(/C=C/c3ccc([N+](=O)[O-])c(C#N)c3)cc2)cc1. The molecule has 318 valence electrons. The van der Waals surface area contributed by atoms with Crippen LogP contribution >= 0.6 is 0 Å². The maximum atomic E-state index is 11.2. The Labute approximate surface area is 354 Å². The van der Waals surface area contributed by atoms with Crippen LogP contribution in [0, 0.1) is 21.4 Å². The maximum Gasteiger partial charge on any atom is 0.287 e. The van der Waals surface area contributed by atoms with Gasteiger partial charge < -0.3 is 4.90 Å². The zero-order valence-corrected chi connectivity index (χ0v) is 36.9. The summed E-state index contributed by atoms with van der Waals surface area (Å²) in [6.45, 7) is 6.87. The number of nitro benzene ring substituents is 1. The molecule has 0 N–H and O–H groups in total. The lowest BCUT2D eigenvalue weighted by atomic mass is 10.0. The van der Waals surface area contributed by atoms with E-state index in [1.165, 1.54) is 203 Å². The number of nitro groups is 1. The molecule has 0 aliphatic carbocycles. The number of anilines is 1. The second-order valence-corrected chi connectivity index (χ2v) is 16.8. The van der Waals surface area contributed by atoms with E-state index < -0.39 is 4.92 Å². The summed E-state index contributed by atoms with van der Waals surface area (Å²) in [5, 5.41) is 20.5. The van der Waals surface area contributed by atoms with Crippen LogP contribution in [0.2, 0.25) is 0 Å². The molecular formula is C53H79N3O2. The maximum absolute atomic E-state index is 11.2. The summed E-state index contributed by atoms with van der Waals surface area (Å²) in [5.41, 5.74) is 5.43. The van der Waals surface area contributed by atoms with Crippen molar-refractivity contribution in [1.29, 1.82) is 5.26 Å². The second kappa shape index (κ2) is 32.0. The molecule has 0 heterocycles. The van der Waals surface area contributed by atoms with Crippen LogP contribution in [-0.2, 0) is 0 Å². The number of nitriles is 1. The van der Waals surface area contributed by atoms with Gasteiger partial charge >= 0.3 is 0 Å². The van der Waals surface area contributed by atoms with Crippen LogP contribution in [0.1, 0.15) is 210 Å². The zero-order valence-electron chi connectivity index (χ0n) is 36.9. The fraction of sp³-hybridized carbons (Fsp3) is 0.604. The van der Waals surface area contributed by atoms with E-state index in [2.05, 4.69) is 67.3 Å². The van der Waals surface area contributed by atoms with Crippen molar-refractivity contribution in [3.05, 3.63) is 93.5 Å². The normalized spacial score (nSPS) is 11.3. The summed E-state index contributed by atoms with van der Waals surface area (Å²) < 4.78 is 0. The molecule has 0 aromatic heterocycles. The number of nitrogens with zero attached hydrogens (tertiary/aromatic N) is 3. The molecule has 0 aliphatic heterocycles. The van der Waals surface area contributed by atoms with Crippen molar-refractivity contribution in [3.63, 3.8) is 0 Å². The second-order valence-electron chi connectivity index (χ2n) is 16.8. The average Bonchev–Trinajstić information content (AvgIpc) is 3.25. The standard InChI is InChI=1S/C53H79N3O2/c1-3-5-7-9-11-13-15-17-19-21-23-25-27-29-43-55(44-30-28-26-24-22-20-18-16-14-12-10-8-6-4-2)52-40-38-50(39-41-52)49-36-33-47(34-37-49)31-32-48-35-42-53(56(57)58)51(45-48)46-54/h31-42,45H,3-30,43-44H2,1-2H3/b32-31+. The minimum absolute atomic E-state index is 0.0729. The van der Waals surface area contributed by atoms with Gasteiger partial charge in [0.2, 0.25) is 0 Å². The van der Waals surface area contributed by atoms with Crippen LogP contribution in [0.25, 0.3) is 23.3 Å². The quantitative estimate of drug-likeness (QED) is 0.0257. The first kappa shape index (κ1) is 48.5. The van der Waals surface area contributed by atoms with E-state index in [1.54, 1.807) is 12.1 Å². The summed E-state index contributed by atoms with van der Waals surface area (Å²) in [5.74, 6) is 0. The predicted octanol–water partition coefficient (Wildman–Crippen LogP) is 17.1. The van der Waals surface area contributed by atoms with Gasteiger partial charge in [0.05, 0.1) is 4.92 Å². The van der Waals surface area contributed by atoms with Gasteiger partial charge in [-0.3, -0.25) is 10.1 Å². The lowest BCUT2D eigenvalue weighted by Gasteiger charge is -2.25. The van der Waals surface area contributed by atoms with E-state index in [4.69, 9.17) is 0 Å². The summed E-state index contributed by atoms with van der Waals surface area (Å²) in [4.78, 5) is 13.3. The molecule has 0 aliphatic rings. The topological polar surface area (TPSA) is 70.2 Å². The molecule has 3 aromatic rings. The minimum Gasteiger partial charge on any atom is -0.372 e. The zero-order chi connectivity index (χ0) is 41.3. The molecular weight excluding hydrogens is 711 g/mol. The van der Waals surface area contributed by atoms with Gasteiger partial charge in [0.25, 0.3) is 5.69 Å². The Morgan fingerprint density at radius 3 is 1.22 bits per heavy atom. The third-order valence-electron chi connectivity index (χ3n) is 11.8. The molecule has 0 spiro atoms. The Morgan fingerprint density at radius 2 is 0.845 bits per heavy atom. The van der Waals surface area contributed by atoms with Crippen molar-refractivity contribution in [2.45, 2.75) is 194 Å². The summed E-state index contributed by atoms with van der Waals surface area (Å²) in [7, 11) is 0. The first-order valence-electron chi connectivity index (χ1n) is 23.9. The lowest BCUT2D eigenvalue weighted by molar-refractivity contribution is -0.385. The Morgan fingerprint density at radius 1 is 0.500 bits per heavy atom. The van der Waals surface area contributed by atoms with E-state index in [1.807, 2.05) is 18.2 Å². The number of unbranched alkanes of at least 4 members (excludes halogenated alkanes) is 26. The van der Waals surface area contributed by atoms with Crippen molar-refractivity contribution >= 4 is 23.5 Å². The monoisotopic (exact) mass is 790 g/mol. The molecule has 3 rings (SSSR count). The van der Waals surface area contributed by atoms with Crippen molar-refractivity contribution in [1.82, 2.24) is 0 Å². The molecule has 5 nitrogen and oxygen atoms in total. The molecule has 58 heavy (non-hydrogen) atoms. The first-order chi connectivity index (χ1) is 28.5. The largest absolute Gasteiger partial charge is 0.372 e. The van der Waals surface area contributed by atoms with Crippen LogP contribution in [-0.4, -0.2) is 18.0 Å². The van der Waals surface area contributed by atoms with Crippen molar-refractivity contribution in [3.8, 4) is 17.2 Å². The van der Waals surface area contributed by atoms with Gasteiger partial charge in [0.1, 0.15) is 11.6 Å². The van der Waals surface area contributed by atoms with E-state index in [0.717, 1.165) is 24.2 Å². The van der Waals surface area contributed by atoms with Crippen molar-refractivity contribution in [2.75, 3.05) is 18.0 Å². The van der Waals surface area contributed by atoms with Crippen LogP contribution in [0.15, 0.2) is 66.7 Å². The smallest absolute Gasteiger partial charge is 0.287 e. The highest BCUT2D eigenvalue weighted by Gasteiger charge is 2.13.